The maximum atomic E-state index is 12.5. The van der Waals surface area contributed by atoms with E-state index in [2.05, 4.69) is 10.6 Å². The van der Waals surface area contributed by atoms with E-state index in [9.17, 15) is 18.5 Å². The van der Waals surface area contributed by atoms with Crippen molar-refractivity contribution in [2.75, 3.05) is 5.32 Å². The van der Waals surface area contributed by atoms with Crippen LogP contribution < -0.4 is 10.6 Å². The van der Waals surface area contributed by atoms with Crippen LogP contribution in [0.1, 0.15) is 17.2 Å². The molecule has 0 saturated carbocycles. The highest BCUT2D eigenvalue weighted by atomic mass is 32.2. The van der Waals surface area contributed by atoms with Gasteiger partial charge in [-0.1, -0.05) is 60.7 Å². The third kappa shape index (κ3) is 5.79. The molecule has 0 aromatic heterocycles. The van der Waals surface area contributed by atoms with E-state index in [1.807, 2.05) is 66.7 Å². The number of hydrogen-bond donors (Lipinski definition) is 3. The van der Waals surface area contributed by atoms with Crippen molar-refractivity contribution in [2.45, 2.75) is 10.9 Å². The Bertz CT molecular complexity index is 1180. The van der Waals surface area contributed by atoms with E-state index >= 15 is 0 Å². The fourth-order valence-corrected chi connectivity index (χ4v) is 3.38. The normalized spacial score (nSPS) is 11.6. The second-order valence-corrected chi connectivity index (χ2v) is 7.97. The summed E-state index contributed by atoms with van der Waals surface area (Å²) < 4.78 is 31.2. The van der Waals surface area contributed by atoms with Crippen molar-refractivity contribution in [2.24, 2.45) is 0 Å². The van der Waals surface area contributed by atoms with E-state index in [-0.39, 0.29) is 22.2 Å². The van der Waals surface area contributed by atoms with E-state index in [1.165, 1.54) is 18.3 Å². The smallest absolute Gasteiger partial charge is 0.294 e. The standard InChI is InChI=1S/C23H19N3O4S/c24-15-19(23(27)26-20-11-13-21(14-12-20)31(28,29)30)16-25-22(17-7-3-1-4-8-17)18-9-5-2-6-10-18/h1-14,16,22,25H,(H,26,27)(H,28,29,30)/b19-16-. The molecule has 0 saturated heterocycles. The van der Waals surface area contributed by atoms with Gasteiger partial charge in [0.05, 0.1) is 10.9 Å². The lowest BCUT2D eigenvalue weighted by atomic mass is 9.99. The number of nitriles is 1. The van der Waals surface area contributed by atoms with E-state index in [0.717, 1.165) is 23.3 Å². The first-order valence-corrected chi connectivity index (χ1v) is 10.7. The molecule has 31 heavy (non-hydrogen) atoms. The quantitative estimate of drug-likeness (QED) is 0.297. The molecule has 0 spiro atoms. The molecule has 156 valence electrons. The van der Waals surface area contributed by atoms with E-state index in [1.54, 1.807) is 0 Å². The minimum Gasteiger partial charge on any atom is -0.379 e. The van der Waals surface area contributed by atoms with Gasteiger partial charge in [-0.2, -0.15) is 13.7 Å². The van der Waals surface area contributed by atoms with Gasteiger partial charge in [0.25, 0.3) is 16.0 Å². The second-order valence-electron chi connectivity index (χ2n) is 6.54. The molecule has 7 nitrogen and oxygen atoms in total. The molecule has 3 aromatic rings. The molecule has 0 aliphatic heterocycles. The number of benzene rings is 3. The third-order valence-electron chi connectivity index (χ3n) is 4.44. The van der Waals surface area contributed by atoms with Crippen molar-refractivity contribution in [1.29, 1.82) is 5.26 Å². The molecule has 0 bridgehead atoms. The maximum absolute atomic E-state index is 12.5. The van der Waals surface area contributed by atoms with Crippen LogP contribution in [-0.4, -0.2) is 18.9 Å². The summed E-state index contributed by atoms with van der Waals surface area (Å²) in [6.07, 6.45) is 1.35. The SMILES string of the molecule is N#C/C(=C/NC(c1ccccc1)c1ccccc1)C(=O)Nc1ccc(S(=O)(=O)O)cc1. The van der Waals surface area contributed by atoms with Crippen LogP contribution in [-0.2, 0) is 14.9 Å². The van der Waals surface area contributed by atoms with Crippen molar-refractivity contribution in [3.05, 3.63) is 108 Å². The number of rotatable bonds is 7. The molecule has 0 unspecified atom stereocenters. The molecule has 0 aliphatic rings. The average molecular weight is 433 g/mol. The predicted octanol–water partition coefficient (Wildman–Crippen LogP) is 3.66. The molecular formula is C23H19N3O4S. The molecule has 0 aliphatic carbocycles. The van der Waals surface area contributed by atoms with Gasteiger partial charge in [0.2, 0.25) is 0 Å². The molecule has 3 rings (SSSR count). The van der Waals surface area contributed by atoms with E-state index in [4.69, 9.17) is 4.55 Å². The molecule has 8 heteroatoms. The Kier molecular flexibility index (Phi) is 6.82. The molecular weight excluding hydrogens is 414 g/mol. The van der Waals surface area contributed by atoms with Crippen LogP contribution in [0.25, 0.3) is 0 Å². The first-order valence-electron chi connectivity index (χ1n) is 9.23. The van der Waals surface area contributed by atoms with Gasteiger partial charge in [-0.3, -0.25) is 9.35 Å². The van der Waals surface area contributed by atoms with Crippen molar-refractivity contribution in [3.8, 4) is 6.07 Å². The fraction of sp³-hybridized carbons (Fsp3) is 0.0435. The summed E-state index contributed by atoms with van der Waals surface area (Å²) in [7, 11) is -4.33. The molecule has 3 aromatic carbocycles. The molecule has 0 radical (unpaired) electrons. The fourth-order valence-electron chi connectivity index (χ4n) is 2.90. The van der Waals surface area contributed by atoms with Gasteiger partial charge in [0.1, 0.15) is 11.6 Å². The third-order valence-corrected chi connectivity index (χ3v) is 5.30. The van der Waals surface area contributed by atoms with Crippen LogP contribution in [0.4, 0.5) is 5.69 Å². The monoisotopic (exact) mass is 433 g/mol. The molecule has 0 atom stereocenters. The summed E-state index contributed by atoms with van der Waals surface area (Å²) in [5, 5.41) is 15.1. The maximum Gasteiger partial charge on any atom is 0.294 e. The van der Waals surface area contributed by atoms with Crippen molar-refractivity contribution < 1.29 is 17.8 Å². The first-order chi connectivity index (χ1) is 14.9. The highest BCUT2D eigenvalue weighted by Gasteiger charge is 2.15. The Morgan fingerprint density at radius 3 is 1.87 bits per heavy atom. The van der Waals surface area contributed by atoms with E-state index < -0.39 is 16.0 Å². The lowest BCUT2D eigenvalue weighted by Crippen LogP contribution is -2.21. The summed E-state index contributed by atoms with van der Waals surface area (Å²) in [4.78, 5) is 12.2. The minimum atomic E-state index is -4.33. The number of nitrogens with zero attached hydrogens (tertiary/aromatic N) is 1. The molecule has 0 fully saturated rings. The summed E-state index contributed by atoms with van der Waals surface area (Å²) in [5.41, 5.74) is 2.05. The molecule has 0 heterocycles. The lowest BCUT2D eigenvalue weighted by Gasteiger charge is -2.19. The average Bonchev–Trinajstić information content (AvgIpc) is 2.78. The highest BCUT2D eigenvalue weighted by Crippen LogP contribution is 2.22. The van der Waals surface area contributed by atoms with Crippen LogP contribution in [0.15, 0.2) is 102 Å². The van der Waals surface area contributed by atoms with Gasteiger partial charge in [0, 0.05) is 11.9 Å². The zero-order chi connectivity index (χ0) is 22.3. The van der Waals surface area contributed by atoms with Crippen LogP contribution >= 0.6 is 0 Å². The predicted molar refractivity (Wildman–Crippen MR) is 116 cm³/mol. The summed E-state index contributed by atoms with van der Waals surface area (Å²) >= 11 is 0. The summed E-state index contributed by atoms with van der Waals surface area (Å²) in [5.74, 6) is -0.658. The highest BCUT2D eigenvalue weighted by molar-refractivity contribution is 7.85. The Morgan fingerprint density at radius 2 is 1.42 bits per heavy atom. The van der Waals surface area contributed by atoms with Crippen molar-refractivity contribution in [3.63, 3.8) is 0 Å². The van der Waals surface area contributed by atoms with Gasteiger partial charge in [-0.05, 0) is 35.4 Å². The first kappa shape index (κ1) is 21.8. The Labute approximate surface area is 180 Å². The number of amides is 1. The zero-order valence-electron chi connectivity index (χ0n) is 16.3. The number of nitrogens with one attached hydrogen (secondary N) is 2. The lowest BCUT2D eigenvalue weighted by molar-refractivity contribution is -0.112. The molecule has 1 amide bonds. The number of carbonyl (C=O) groups is 1. The Balaban J connectivity index is 1.79. The number of anilines is 1. The second kappa shape index (κ2) is 9.71. The topological polar surface area (TPSA) is 119 Å². The van der Waals surface area contributed by atoms with Crippen molar-refractivity contribution in [1.82, 2.24) is 5.32 Å². The number of hydrogen-bond acceptors (Lipinski definition) is 5. The Morgan fingerprint density at radius 1 is 0.903 bits per heavy atom. The van der Waals surface area contributed by atoms with Gasteiger partial charge < -0.3 is 10.6 Å². The largest absolute Gasteiger partial charge is 0.379 e. The van der Waals surface area contributed by atoms with Gasteiger partial charge in [-0.25, -0.2) is 0 Å². The number of carbonyl (C=O) groups excluding carboxylic acids is 1. The summed E-state index contributed by atoms with van der Waals surface area (Å²) in [6.45, 7) is 0. The molecule has 3 N–H and O–H groups in total. The van der Waals surface area contributed by atoms with Gasteiger partial charge in [0.15, 0.2) is 0 Å². The van der Waals surface area contributed by atoms with Gasteiger partial charge >= 0.3 is 0 Å². The van der Waals surface area contributed by atoms with E-state index in [0.29, 0.717) is 0 Å². The Hall–Kier alpha value is -3.93. The van der Waals surface area contributed by atoms with Crippen molar-refractivity contribution >= 4 is 21.7 Å². The van der Waals surface area contributed by atoms with Crippen LogP contribution in [0.3, 0.4) is 0 Å². The zero-order valence-corrected chi connectivity index (χ0v) is 17.1. The van der Waals surface area contributed by atoms with Crippen LogP contribution in [0.2, 0.25) is 0 Å². The summed E-state index contributed by atoms with van der Waals surface area (Å²) in [6, 6.07) is 25.8. The minimum absolute atomic E-state index is 0.157. The van der Waals surface area contributed by atoms with Crippen LogP contribution in [0, 0.1) is 11.3 Å². The van der Waals surface area contributed by atoms with Crippen LogP contribution in [0.5, 0.6) is 0 Å². The van der Waals surface area contributed by atoms with Gasteiger partial charge in [-0.15, -0.1) is 0 Å².